The molecule has 2 heterocycles. The zero-order valence-electron chi connectivity index (χ0n) is 15.2. The number of hydrogen-bond donors (Lipinski definition) is 1. The highest BCUT2D eigenvalue weighted by Gasteiger charge is 2.52. The number of aryl methyl sites for hydroxylation is 1. The number of aromatic nitrogens is 2. The molecule has 1 saturated heterocycles. The number of rotatable bonds is 3. The van der Waals surface area contributed by atoms with E-state index in [1.165, 1.54) is 0 Å². The van der Waals surface area contributed by atoms with Gasteiger partial charge >= 0.3 is 7.12 Å². The van der Waals surface area contributed by atoms with Gasteiger partial charge in [0.1, 0.15) is 11.5 Å². The van der Waals surface area contributed by atoms with Gasteiger partial charge in [0.05, 0.1) is 11.2 Å². The smallest absolute Gasteiger partial charge is 0.399 e. The first-order valence-corrected chi connectivity index (χ1v) is 8.25. The third-order valence-corrected chi connectivity index (χ3v) is 4.72. The Morgan fingerprint density at radius 1 is 1.08 bits per heavy atom. The molecule has 1 aromatic heterocycles. The highest BCUT2D eigenvalue weighted by molar-refractivity contribution is 6.64. The third-order valence-electron chi connectivity index (χ3n) is 4.72. The molecule has 3 rings (SSSR count). The highest BCUT2D eigenvalue weighted by Crippen LogP contribution is 2.37. The van der Waals surface area contributed by atoms with E-state index in [9.17, 15) is 4.79 Å². The van der Waals surface area contributed by atoms with E-state index in [1.54, 1.807) is 19.2 Å². The largest absolute Gasteiger partial charge is 0.496 e. The Kier molecular flexibility index (Phi) is 4.39. The fourth-order valence-corrected chi connectivity index (χ4v) is 2.56. The summed E-state index contributed by atoms with van der Waals surface area (Å²) in [7, 11) is -0.548. The molecule has 0 saturated carbocycles. The zero-order chi connectivity index (χ0) is 18.2. The summed E-state index contributed by atoms with van der Waals surface area (Å²) in [6.07, 6.45) is 1.57. The quantitative estimate of drug-likeness (QED) is 0.869. The van der Waals surface area contributed by atoms with Gasteiger partial charge in [0.2, 0.25) is 0 Å². The lowest BCUT2D eigenvalue weighted by atomic mass is 9.78. The van der Waals surface area contributed by atoms with Crippen molar-refractivity contribution >= 4 is 24.2 Å². The third kappa shape index (κ3) is 3.43. The molecule has 0 bridgehead atoms. The van der Waals surface area contributed by atoms with Crippen LogP contribution >= 0.6 is 0 Å². The number of nitrogens with one attached hydrogen (secondary N) is 1. The van der Waals surface area contributed by atoms with Crippen LogP contribution in [0.25, 0.3) is 0 Å². The summed E-state index contributed by atoms with van der Waals surface area (Å²) in [5, 5.41) is 2.90. The first kappa shape index (κ1) is 17.6. The normalized spacial score (nSPS) is 18.2. The maximum atomic E-state index is 12.5. The average Bonchev–Trinajstić information content (AvgIpc) is 2.76. The minimum absolute atomic E-state index is 0.297. The summed E-state index contributed by atoms with van der Waals surface area (Å²) in [5.74, 6) is 0.251. The summed E-state index contributed by atoms with van der Waals surface area (Å²) in [6.45, 7) is 9.74. The van der Waals surface area contributed by atoms with Crippen LogP contribution in [-0.2, 0) is 9.31 Å². The predicted molar refractivity (Wildman–Crippen MR) is 96.9 cm³/mol. The fourth-order valence-electron chi connectivity index (χ4n) is 2.56. The topological polar surface area (TPSA) is 73.3 Å². The molecule has 0 spiro atoms. The lowest BCUT2D eigenvalue weighted by Gasteiger charge is -2.32. The first-order valence-electron chi connectivity index (χ1n) is 8.25. The minimum Gasteiger partial charge on any atom is -0.399 e. The standard InChI is InChI=1S/C18H22BN3O3/c1-12-20-11-10-15(21-12)16(23)22-14-9-7-6-8-13(14)19-24-17(2,3)18(4,5)25-19/h6-11H,1-5H3,(H,22,23). The number of para-hydroxylation sites is 1. The van der Waals surface area contributed by atoms with E-state index in [0.29, 0.717) is 17.2 Å². The van der Waals surface area contributed by atoms with Crippen molar-refractivity contribution in [2.45, 2.75) is 45.8 Å². The van der Waals surface area contributed by atoms with Crippen LogP contribution in [0.1, 0.15) is 44.0 Å². The molecule has 0 unspecified atom stereocenters. The van der Waals surface area contributed by atoms with Crippen molar-refractivity contribution in [1.82, 2.24) is 9.97 Å². The molecule has 1 N–H and O–H groups in total. The van der Waals surface area contributed by atoms with Gasteiger partial charge in [0, 0.05) is 17.3 Å². The van der Waals surface area contributed by atoms with E-state index in [-0.39, 0.29) is 5.91 Å². The summed E-state index contributed by atoms with van der Waals surface area (Å²) in [6, 6.07) is 9.05. The Bertz CT molecular complexity index is 792. The summed E-state index contributed by atoms with van der Waals surface area (Å²) in [5.41, 5.74) is 0.843. The van der Waals surface area contributed by atoms with Crippen LogP contribution < -0.4 is 10.8 Å². The molecule has 130 valence electrons. The van der Waals surface area contributed by atoms with Crippen molar-refractivity contribution < 1.29 is 14.1 Å². The molecule has 0 atom stereocenters. The van der Waals surface area contributed by atoms with Crippen LogP contribution in [0.2, 0.25) is 0 Å². The van der Waals surface area contributed by atoms with E-state index in [2.05, 4.69) is 15.3 Å². The minimum atomic E-state index is -0.548. The maximum absolute atomic E-state index is 12.5. The van der Waals surface area contributed by atoms with Gasteiger partial charge < -0.3 is 14.6 Å². The van der Waals surface area contributed by atoms with Crippen LogP contribution in [0.5, 0.6) is 0 Å². The van der Waals surface area contributed by atoms with Crippen molar-refractivity contribution in [3.8, 4) is 0 Å². The van der Waals surface area contributed by atoms with Gasteiger partial charge in [0.15, 0.2) is 0 Å². The summed E-state index contributed by atoms with van der Waals surface area (Å²) >= 11 is 0. The van der Waals surface area contributed by atoms with Gasteiger partial charge in [0.25, 0.3) is 5.91 Å². The molecule has 7 heteroatoms. The molecule has 1 aromatic carbocycles. The predicted octanol–water partition coefficient (Wildman–Crippen LogP) is 2.34. The van der Waals surface area contributed by atoms with Crippen LogP contribution in [0, 0.1) is 6.92 Å². The van der Waals surface area contributed by atoms with Crippen LogP contribution in [-0.4, -0.2) is 34.2 Å². The molecule has 25 heavy (non-hydrogen) atoms. The van der Waals surface area contributed by atoms with Crippen LogP contribution in [0.3, 0.4) is 0 Å². The molecule has 6 nitrogen and oxygen atoms in total. The Morgan fingerprint density at radius 3 is 2.36 bits per heavy atom. The zero-order valence-corrected chi connectivity index (χ0v) is 15.2. The lowest BCUT2D eigenvalue weighted by Crippen LogP contribution is -2.41. The number of amides is 1. The second-order valence-corrected chi connectivity index (χ2v) is 7.12. The second kappa shape index (κ2) is 6.24. The summed E-state index contributed by atoms with van der Waals surface area (Å²) < 4.78 is 12.2. The maximum Gasteiger partial charge on any atom is 0.496 e. The Hall–Kier alpha value is -2.25. The average molecular weight is 339 g/mol. The molecular weight excluding hydrogens is 317 g/mol. The van der Waals surface area contributed by atoms with E-state index >= 15 is 0 Å². The fraction of sp³-hybridized carbons (Fsp3) is 0.389. The molecular formula is C18H22BN3O3. The summed E-state index contributed by atoms with van der Waals surface area (Å²) in [4.78, 5) is 20.7. The molecule has 1 fully saturated rings. The molecule has 0 aliphatic carbocycles. The van der Waals surface area contributed by atoms with Crippen molar-refractivity contribution in [3.05, 3.63) is 48.0 Å². The molecule has 0 radical (unpaired) electrons. The Morgan fingerprint density at radius 2 is 1.72 bits per heavy atom. The van der Waals surface area contributed by atoms with Gasteiger partial charge in [-0.05, 0) is 46.8 Å². The monoisotopic (exact) mass is 339 g/mol. The van der Waals surface area contributed by atoms with E-state index < -0.39 is 18.3 Å². The van der Waals surface area contributed by atoms with Crippen molar-refractivity contribution in [2.75, 3.05) is 5.32 Å². The lowest BCUT2D eigenvalue weighted by molar-refractivity contribution is 0.00578. The highest BCUT2D eigenvalue weighted by atomic mass is 16.7. The van der Waals surface area contributed by atoms with E-state index in [4.69, 9.17) is 9.31 Å². The molecule has 1 aliphatic rings. The molecule has 1 amide bonds. The van der Waals surface area contributed by atoms with Crippen molar-refractivity contribution in [3.63, 3.8) is 0 Å². The van der Waals surface area contributed by atoms with Crippen molar-refractivity contribution in [1.29, 1.82) is 0 Å². The van der Waals surface area contributed by atoms with E-state index in [1.807, 2.05) is 52.0 Å². The Balaban J connectivity index is 1.86. The van der Waals surface area contributed by atoms with Gasteiger partial charge in [-0.2, -0.15) is 0 Å². The van der Waals surface area contributed by atoms with Crippen LogP contribution in [0.15, 0.2) is 36.5 Å². The Labute approximate surface area is 148 Å². The SMILES string of the molecule is Cc1nccc(C(=O)Nc2ccccc2B2OC(C)(C)C(C)(C)O2)n1. The number of benzene rings is 1. The number of carbonyl (C=O) groups excluding carboxylic acids is 1. The van der Waals surface area contributed by atoms with Gasteiger partial charge in [-0.25, -0.2) is 9.97 Å². The number of carbonyl (C=O) groups is 1. The van der Waals surface area contributed by atoms with Crippen molar-refractivity contribution in [2.24, 2.45) is 0 Å². The second-order valence-electron chi connectivity index (χ2n) is 7.12. The van der Waals surface area contributed by atoms with Gasteiger partial charge in [-0.15, -0.1) is 0 Å². The number of hydrogen-bond acceptors (Lipinski definition) is 5. The number of nitrogens with zero attached hydrogens (tertiary/aromatic N) is 2. The van der Waals surface area contributed by atoms with Crippen LogP contribution in [0.4, 0.5) is 5.69 Å². The van der Waals surface area contributed by atoms with Gasteiger partial charge in [-0.1, -0.05) is 18.2 Å². The van der Waals surface area contributed by atoms with E-state index in [0.717, 1.165) is 5.46 Å². The first-order chi connectivity index (χ1) is 11.7. The molecule has 1 aliphatic heterocycles. The number of anilines is 1. The van der Waals surface area contributed by atoms with Gasteiger partial charge in [-0.3, -0.25) is 4.79 Å². The molecule has 2 aromatic rings.